The number of pyridine rings is 1. The minimum atomic E-state index is -1.09. The molecule has 0 saturated heterocycles. The second kappa shape index (κ2) is 11.3. The number of amides is 1. The molecule has 178 valence electrons. The monoisotopic (exact) mass is 486 g/mol. The Morgan fingerprint density at radius 2 is 1.71 bits per heavy atom. The predicted molar refractivity (Wildman–Crippen MR) is 140 cm³/mol. The van der Waals surface area contributed by atoms with Crippen LogP contribution >= 0.6 is 0 Å². The number of carbonyl (C=O) groups is 1. The number of hydrogen-bond donors (Lipinski definition) is 2. The van der Waals surface area contributed by atoms with Crippen LogP contribution in [-0.2, 0) is 23.8 Å². The van der Waals surface area contributed by atoms with Crippen LogP contribution in [0.15, 0.2) is 85.3 Å². The van der Waals surface area contributed by atoms with E-state index in [-0.39, 0.29) is 5.91 Å². The van der Waals surface area contributed by atoms with E-state index in [2.05, 4.69) is 25.6 Å². The van der Waals surface area contributed by atoms with Crippen molar-refractivity contribution < 1.29 is 9.00 Å². The van der Waals surface area contributed by atoms with Crippen LogP contribution in [0.5, 0.6) is 0 Å². The van der Waals surface area contributed by atoms with Gasteiger partial charge in [-0.15, -0.1) is 0 Å². The summed E-state index contributed by atoms with van der Waals surface area (Å²) in [6.45, 7) is 0. The normalized spacial score (nSPS) is 11.5. The van der Waals surface area contributed by atoms with Gasteiger partial charge in [-0.3, -0.25) is 14.1 Å². The van der Waals surface area contributed by atoms with Crippen LogP contribution in [0, 0.1) is 0 Å². The highest BCUT2D eigenvalue weighted by molar-refractivity contribution is 7.85. The van der Waals surface area contributed by atoms with E-state index in [9.17, 15) is 9.00 Å². The van der Waals surface area contributed by atoms with Crippen LogP contribution < -0.4 is 14.9 Å². The van der Waals surface area contributed by atoms with Crippen LogP contribution in [-0.4, -0.2) is 38.4 Å². The zero-order valence-corrected chi connectivity index (χ0v) is 20.3. The molecule has 2 N–H and O–H groups in total. The summed E-state index contributed by atoms with van der Waals surface area (Å²) in [7, 11) is 0.741. The summed E-state index contributed by atoms with van der Waals surface area (Å²) in [4.78, 5) is 25.2. The number of rotatable bonds is 9. The third-order valence-corrected chi connectivity index (χ3v) is 6.37. The molecule has 2 aromatic carbocycles. The average Bonchev–Trinajstić information content (AvgIpc) is 2.89. The van der Waals surface area contributed by atoms with E-state index in [0.29, 0.717) is 17.2 Å². The van der Waals surface area contributed by atoms with Gasteiger partial charge in [-0.1, -0.05) is 18.2 Å². The topological polar surface area (TPSA) is 100 Å². The number of nitrogens with one attached hydrogen (secondary N) is 2. The zero-order valence-electron chi connectivity index (χ0n) is 19.5. The van der Waals surface area contributed by atoms with Crippen molar-refractivity contribution in [3.05, 3.63) is 102 Å². The number of hydrogen-bond acceptors (Lipinski definition) is 6. The Labute approximate surface area is 207 Å². The van der Waals surface area contributed by atoms with E-state index in [1.807, 2.05) is 61.6 Å². The van der Waals surface area contributed by atoms with E-state index in [4.69, 9.17) is 0 Å². The average molecular weight is 487 g/mol. The van der Waals surface area contributed by atoms with Gasteiger partial charge in [-0.25, -0.2) is 14.2 Å². The predicted octanol–water partition coefficient (Wildman–Crippen LogP) is 4.38. The van der Waals surface area contributed by atoms with Crippen LogP contribution in [0.4, 0.5) is 23.0 Å². The van der Waals surface area contributed by atoms with Crippen LogP contribution in [0.2, 0.25) is 0 Å². The SMILES string of the molecule is CN(c1ccccc1CCc1ccnc(Nc2ccc(NC(=O)c3cccnc3)cc2)n1)S(C)=O. The summed E-state index contributed by atoms with van der Waals surface area (Å²) in [5.74, 6) is 0.280. The molecular formula is C26H26N6O2S. The van der Waals surface area contributed by atoms with Crippen molar-refractivity contribution in [1.82, 2.24) is 15.0 Å². The van der Waals surface area contributed by atoms with Crippen molar-refractivity contribution in [2.75, 3.05) is 28.2 Å². The summed E-state index contributed by atoms with van der Waals surface area (Å²) in [6.07, 6.45) is 8.03. The summed E-state index contributed by atoms with van der Waals surface area (Å²) in [5.41, 5.74) is 4.95. The Morgan fingerprint density at radius 1 is 0.943 bits per heavy atom. The van der Waals surface area contributed by atoms with Crippen LogP contribution in [0.1, 0.15) is 21.6 Å². The van der Waals surface area contributed by atoms with Crippen molar-refractivity contribution in [2.45, 2.75) is 12.8 Å². The zero-order chi connectivity index (χ0) is 24.6. The Bertz CT molecular complexity index is 1310. The Hall–Kier alpha value is -4.11. The molecule has 9 heteroatoms. The minimum absolute atomic E-state index is 0.215. The summed E-state index contributed by atoms with van der Waals surface area (Å²) in [6, 6.07) is 20.6. The molecule has 4 aromatic rings. The third-order valence-electron chi connectivity index (χ3n) is 5.40. The summed E-state index contributed by atoms with van der Waals surface area (Å²) in [5, 5.41) is 6.06. The van der Waals surface area contributed by atoms with Gasteiger partial charge in [0.2, 0.25) is 5.95 Å². The molecule has 2 aromatic heterocycles. The van der Waals surface area contributed by atoms with Crippen molar-refractivity contribution in [2.24, 2.45) is 0 Å². The molecule has 8 nitrogen and oxygen atoms in total. The fraction of sp³-hybridized carbons (Fsp3) is 0.154. The molecule has 0 aliphatic heterocycles. The van der Waals surface area contributed by atoms with Gasteiger partial charge in [-0.2, -0.15) is 0 Å². The first-order valence-corrected chi connectivity index (χ1v) is 12.6. The quantitative estimate of drug-likeness (QED) is 0.364. The Kier molecular flexibility index (Phi) is 7.79. The van der Waals surface area contributed by atoms with Gasteiger partial charge >= 0.3 is 0 Å². The van der Waals surface area contributed by atoms with Crippen LogP contribution in [0.3, 0.4) is 0 Å². The van der Waals surface area contributed by atoms with Crippen molar-refractivity contribution in [1.29, 1.82) is 0 Å². The van der Waals surface area contributed by atoms with Crippen LogP contribution in [0.25, 0.3) is 0 Å². The summed E-state index contributed by atoms with van der Waals surface area (Å²) >= 11 is 0. The molecule has 0 fully saturated rings. The van der Waals surface area contributed by atoms with E-state index in [1.165, 1.54) is 6.20 Å². The maximum Gasteiger partial charge on any atom is 0.257 e. The minimum Gasteiger partial charge on any atom is -0.324 e. The van der Waals surface area contributed by atoms with Crippen molar-refractivity contribution >= 4 is 39.9 Å². The van der Waals surface area contributed by atoms with Crippen molar-refractivity contribution in [3.63, 3.8) is 0 Å². The fourth-order valence-corrected chi connectivity index (χ4v) is 3.95. The van der Waals surface area contributed by atoms with Gasteiger partial charge < -0.3 is 10.6 Å². The lowest BCUT2D eigenvalue weighted by atomic mass is 10.1. The standard InChI is InChI=1S/C26H26N6O2S/c1-32(35(2)34)24-8-4-3-6-19(24)9-10-23-15-17-28-26(31-23)30-22-13-11-21(12-14-22)29-25(33)20-7-5-16-27-18-20/h3-8,11-18H,9-10H2,1-2H3,(H,29,33)(H,28,30,31). The maximum atomic E-state index is 12.3. The van der Waals surface area contributed by atoms with Crippen molar-refractivity contribution in [3.8, 4) is 0 Å². The lowest BCUT2D eigenvalue weighted by molar-refractivity contribution is 0.102. The molecule has 0 bridgehead atoms. The number of nitrogens with zero attached hydrogens (tertiary/aromatic N) is 4. The maximum absolute atomic E-state index is 12.3. The van der Waals surface area contributed by atoms with Gasteiger partial charge in [0, 0.05) is 49.0 Å². The second-order valence-electron chi connectivity index (χ2n) is 7.82. The smallest absolute Gasteiger partial charge is 0.257 e. The Balaban J connectivity index is 1.38. The van der Waals surface area contributed by atoms with E-state index in [1.54, 1.807) is 35.1 Å². The molecule has 0 spiro atoms. The molecule has 0 aliphatic rings. The highest BCUT2D eigenvalue weighted by atomic mass is 32.2. The van der Waals surface area contributed by atoms with Gasteiger partial charge in [-0.05, 0) is 66.9 Å². The molecular weight excluding hydrogens is 460 g/mol. The number of benzene rings is 2. The highest BCUT2D eigenvalue weighted by Crippen LogP contribution is 2.22. The lowest BCUT2D eigenvalue weighted by Gasteiger charge is -2.19. The first kappa shape index (κ1) is 24.0. The van der Waals surface area contributed by atoms with Gasteiger partial charge in [0.05, 0.1) is 11.3 Å². The summed E-state index contributed by atoms with van der Waals surface area (Å²) < 4.78 is 13.7. The Morgan fingerprint density at radius 3 is 2.46 bits per heavy atom. The first-order valence-electron chi connectivity index (χ1n) is 11.0. The van der Waals surface area contributed by atoms with E-state index in [0.717, 1.165) is 35.5 Å². The number of aromatic nitrogens is 3. The number of carbonyl (C=O) groups excluding carboxylic acids is 1. The number of anilines is 4. The molecule has 0 saturated carbocycles. The number of para-hydroxylation sites is 1. The molecule has 1 amide bonds. The largest absolute Gasteiger partial charge is 0.324 e. The lowest BCUT2D eigenvalue weighted by Crippen LogP contribution is -2.20. The molecule has 0 radical (unpaired) electrons. The number of aryl methyl sites for hydroxylation is 2. The molecule has 1 atom stereocenters. The molecule has 4 rings (SSSR count). The van der Waals surface area contributed by atoms with E-state index < -0.39 is 11.0 Å². The first-order chi connectivity index (χ1) is 17.0. The van der Waals surface area contributed by atoms with E-state index >= 15 is 0 Å². The highest BCUT2D eigenvalue weighted by Gasteiger charge is 2.11. The molecule has 2 heterocycles. The van der Waals surface area contributed by atoms with Gasteiger partial charge in [0.1, 0.15) is 11.0 Å². The second-order valence-corrected chi connectivity index (χ2v) is 9.21. The fourth-order valence-electron chi connectivity index (χ4n) is 3.49. The molecule has 1 unspecified atom stereocenters. The van der Waals surface area contributed by atoms with Gasteiger partial charge in [0.15, 0.2) is 0 Å². The van der Waals surface area contributed by atoms with Gasteiger partial charge in [0.25, 0.3) is 5.91 Å². The molecule has 0 aliphatic carbocycles. The third kappa shape index (κ3) is 6.48. The molecule has 35 heavy (non-hydrogen) atoms.